The third-order valence-electron chi connectivity index (χ3n) is 2.97. The summed E-state index contributed by atoms with van der Waals surface area (Å²) in [4.78, 5) is 10.3. The summed E-state index contributed by atoms with van der Waals surface area (Å²) in [5.74, 6) is 1.16. The maximum Gasteiger partial charge on any atom is 0.288 e. The molecule has 2 rings (SSSR count). The van der Waals surface area contributed by atoms with E-state index in [1.165, 1.54) is 12.1 Å². The predicted octanol–water partition coefficient (Wildman–Crippen LogP) is 4.07. The summed E-state index contributed by atoms with van der Waals surface area (Å²) in [6.07, 6.45) is 0. The van der Waals surface area contributed by atoms with Gasteiger partial charge >= 0.3 is 0 Å². The highest BCUT2D eigenvalue weighted by molar-refractivity contribution is 6.32. The smallest absolute Gasteiger partial charge is 0.288 e. The van der Waals surface area contributed by atoms with E-state index in [1.54, 1.807) is 6.92 Å². The van der Waals surface area contributed by atoms with Gasteiger partial charge in [-0.1, -0.05) is 23.7 Å². The third kappa shape index (κ3) is 3.71. The lowest BCUT2D eigenvalue weighted by Crippen LogP contribution is -2.04. The van der Waals surface area contributed by atoms with E-state index in [4.69, 9.17) is 16.3 Å². The Bertz CT molecular complexity index is 657. The fraction of sp³-hybridized carbons (Fsp3) is 0.200. The second-order valence-corrected chi connectivity index (χ2v) is 5.01. The van der Waals surface area contributed by atoms with Crippen molar-refractivity contribution < 1.29 is 9.66 Å². The molecule has 0 unspecified atom stereocenters. The molecule has 0 aliphatic carbocycles. The molecule has 0 fully saturated rings. The molecule has 6 heteroatoms. The molecule has 2 aromatic rings. The molecule has 0 saturated heterocycles. The predicted molar refractivity (Wildman–Crippen MR) is 82.1 cm³/mol. The Balaban J connectivity index is 2.23. The maximum atomic E-state index is 10.8. The van der Waals surface area contributed by atoms with Crippen molar-refractivity contribution in [2.75, 3.05) is 7.05 Å². The Morgan fingerprint density at radius 1 is 1.29 bits per heavy atom. The molecule has 0 aliphatic heterocycles. The monoisotopic (exact) mass is 306 g/mol. The van der Waals surface area contributed by atoms with Crippen molar-refractivity contribution in [3.05, 3.63) is 62.7 Å². The number of hydrogen-bond acceptors (Lipinski definition) is 4. The van der Waals surface area contributed by atoms with Gasteiger partial charge in [-0.25, -0.2) is 0 Å². The molecule has 0 aromatic heterocycles. The summed E-state index contributed by atoms with van der Waals surface area (Å²) in [7, 11) is 1.88. The van der Waals surface area contributed by atoms with E-state index >= 15 is 0 Å². The van der Waals surface area contributed by atoms with Crippen LogP contribution in [0, 0.1) is 17.0 Å². The average Bonchev–Trinajstić information content (AvgIpc) is 2.44. The van der Waals surface area contributed by atoms with Gasteiger partial charge in [0.05, 0.1) is 4.92 Å². The van der Waals surface area contributed by atoms with Crippen molar-refractivity contribution in [1.29, 1.82) is 0 Å². The lowest BCUT2D eigenvalue weighted by molar-refractivity contribution is -0.384. The van der Waals surface area contributed by atoms with Crippen LogP contribution in [0.1, 0.15) is 11.1 Å². The SMILES string of the molecule is CNCc1ccc(Oc2cc(Cl)c([N+](=O)[O-])cc2C)cc1. The Labute approximate surface area is 127 Å². The van der Waals surface area contributed by atoms with Crippen LogP contribution >= 0.6 is 11.6 Å². The Morgan fingerprint density at radius 3 is 2.52 bits per heavy atom. The van der Waals surface area contributed by atoms with Gasteiger partial charge < -0.3 is 10.1 Å². The molecular formula is C15H15ClN2O3. The molecule has 5 nitrogen and oxygen atoms in total. The zero-order valence-corrected chi connectivity index (χ0v) is 12.5. The van der Waals surface area contributed by atoms with Crippen LogP contribution in [0.5, 0.6) is 11.5 Å². The van der Waals surface area contributed by atoms with Gasteiger partial charge in [0.25, 0.3) is 5.69 Å². The normalized spacial score (nSPS) is 10.4. The summed E-state index contributed by atoms with van der Waals surface area (Å²) in [6, 6.07) is 10.5. The quantitative estimate of drug-likeness (QED) is 0.668. The molecule has 0 radical (unpaired) electrons. The first-order chi connectivity index (χ1) is 10.0. The number of halogens is 1. The largest absolute Gasteiger partial charge is 0.457 e. The van der Waals surface area contributed by atoms with E-state index in [1.807, 2.05) is 31.3 Å². The van der Waals surface area contributed by atoms with E-state index in [9.17, 15) is 10.1 Å². The lowest BCUT2D eigenvalue weighted by Gasteiger charge is -2.10. The molecule has 0 atom stereocenters. The molecule has 0 bridgehead atoms. The van der Waals surface area contributed by atoms with Crippen LogP contribution in [0.15, 0.2) is 36.4 Å². The van der Waals surface area contributed by atoms with Gasteiger partial charge in [0.1, 0.15) is 16.5 Å². The Kier molecular flexibility index (Phi) is 4.77. The molecule has 0 amide bonds. The van der Waals surface area contributed by atoms with Gasteiger partial charge in [0.15, 0.2) is 0 Å². The van der Waals surface area contributed by atoms with Crippen molar-refractivity contribution in [2.24, 2.45) is 0 Å². The van der Waals surface area contributed by atoms with Crippen LogP contribution in [0.3, 0.4) is 0 Å². The van der Waals surface area contributed by atoms with Crippen molar-refractivity contribution in [3.8, 4) is 11.5 Å². The van der Waals surface area contributed by atoms with Crippen molar-refractivity contribution in [1.82, 2.24) is 5.32 Å². The number of benzene rings is 2. The molecule has 110 valence electrons. The molecule has 2 aromatic carbocycles. The fourth-order valence-corrected chi connectivity index (χ4v) is 2.13. The summed E-state index contributed by atoms with van der Waals surface area (Å²) in [5.41, 5.74) is 1.68. The second kappa shape index (κ2) is 6.56. The van der Waals surface area contributed by atoms with E-state index in [0.717, 1.165) is 12.1 Å². The number of rotatable bonds is 5. The number of nitrogens with zero attached hydrogens (tertiary/aromatic N) is 1. The maximum absolute atomic E-state index is 10.8. The number of nitro groups is 1. The molecule has 0 heterocycles. The first-order valence-electron chi connectivity index (χ1n) is 6.37. The van der Waals surface area contributed by atoms with Crippen molar-refractivity contribution in [2.45, 2.75) is 13.5 Å². The summed E-state index contributed by atoms with van der Waals surface area (Å²) >= 11 is 5.90. The van der Waals surface area contributed by atoms with Crippen molar-refractivity contribution in [3.63, 3.8) is 0 Å². The van der Waals surface area contributed by atoms with E-state index in [0.29, 0.717) is 17.1 Å². The van der Waals surface area contributed by atoms with E-state index in [-0.39, 0.29) is 10.7 Å². The highest BCUT2D eigenvalue weighted by atomic mass is 35.5. The highest BCUT2D eigenvalue weighted by Crippen LogP contribution is 2.34. The van der Waals surface area contributed by atoms with Crippen LogP contribution in [0.4, 0.5) is 5.69 Å². The number of ether oxygens (including phenoxy) is 1. The van der Waals surface area contributed by atoms with Crippen LogP contribution in [0.25, 0.3) is 0 Å². The first-order valence-corrected chi connectivity index (χ1v) is 6.75. The van der Waals surface area contributed by atoms with E-state index < -0.39 is 4.92 Å². The average molecular weight is 307 g/mol. The molecule has 0 saturated carbocycles. The zero-order valence-electron chi connectivity index (χ0n) is 11.7. The zero-order chi connectivity index (χ0) is 15.4. The minimum absolute atomic E-state index is 0.0624. The first kappa shape index (κ1) is 15.3. The highest BCUT2D eigenvalue weighted by Gasteiger charge is 2.16. The fourth-order valence-electron chi connectivity index (χ4n) is 1.90. The summed E-state index contributed by atoms with van der Waals surface area (Å²) in [6.45, 7) is 2.52. The van der Waals surface area contributed by atoms with Gasteiger partial charge in [0.2, 0.25) is 0 Å². The molecular weight excluding hydrogens is 292 g/mol. The second-order valence-electron chi connectivity index (χ2n) is 4.60. The molecule has 0 spiro atoms. The number of nitro benzene ring substituents is 1. The topological polar surface area (TPSA) is 64.4 Å². The van der Waals surface area contributed by atoms with Crippen molar-refractivity contribution >= 4 is 17.3 Å². The molecule has 0 aliphatic rings. The van der Waals surface area contributed by atoms with Gasteiger partial charge in [-0.3, -0.25) is 10.1 Å². The number of aryl methyl sites for hydroxylation is 1. The molecule has 21 heavy (non-hydrogen) atoms. The van der Waals surface area contributed by atoms with Gasteiger partial charge in [-0.15, -0.1) is 0 Å². The van der Waals surface area contributed by atoms with Gasteiger partial charge in [-0.2, -0.15) is 0 Å². The lowest BCUT2D eigenvalue weighted by atomic mass is 10.2. The standard InChI is InChI=1S/C15H15ClN2O3/c1-10-7-14(18(19)20)13(16)8-15(10)21-12-5-3-11(4-6-12)9-17-2/h3-8,17H,9H2,1-2H3. The van der Waals surface area contributed by atoms with Crippen LogP contribution in [-0.2, 0) is 6.54 Å². The summed E-state index contributed by atoms with van der Waals surface area (Å²) < 4.78 is 5.73. The number of hydrogen-bond donors (Lipinski definition) is 1. The van der Waals surface area contributed by atoms with Crippen LogP contribution in [-0.4, -0.2) is 12.0 Å². The number of nitrogens with one attached hydrogen (secondary N) is 1. The van der Waals surface area contributed by atoms with Gasteiger partial charge in [-0.05, 0) is 37.2 Å². The summed E-state index contributed by atoms with van der Waals surface area (Å²) in [5, 5.41) is 13.9. The minimum atomic E-state index is -0.508. The van der Waals surface area contributed by atoms with Crippen LogP contribution < -0.4 is 10.1 Å². The van der Waals surface area contributed by atoms with E-state index in [2.05, 4.69) is 5.32 Å². The Morgan fingerprint density at radius 2 is 1.95 bits per heavy atom. The third-order valence-corrected chi connectivity index (χ3v) is 3.28. The van der Waals surface area contributed by atoms with Gasteiger partial charge in [0, 0.05) is 18.7 Å². The molecule has 1 N–H and O–H groups in total. The minimum Gasteiger partial charge on any atom is -0.457 e. The Hall–Kier alpha value is -2.11. The van der Waals surface area contributed by atoms with Crippen LogP contribution in [0.2, 0.25) is 5.02 Å².